The fourth-order valence-corrected chi connectivity index (χ4v) is 3.12. The molecule has 4 heteroatoms. The van der Waals surface area contributed by atoms with Crippen molar-refractivity contribution in [3.05, 3.63) is 36.5 Å². The molecular formula is C18H25N3O. The Balaban J connectivity index is 1.40. The minimum atomic E-state index is 0.786. The maximum absolute atomic E-state index is 5.84. The van der Waals surface area contributed by atoms with E-state index in [0.717, 1.165) is 42.5 Å². The van der Waals surface area contributed by atoms with Crippen LogP contribution in [0.2, 0.25) is 0 Å². The number of benzene rings is 1. The predicted molar refractivity (Wildman–Crippen MR) is 89.0 cm³/mol. The highest BCUT2D eigenvalue weighted by Gasteiger charge is 2.15. The highest BCUT2D eigenvalue weighted by molar-refractivity contribution is 5.59. The van der Waals surface area contributed by atoms with Gasteiger partial charge in [-0.05, 0) is 67.6 Å². The summed E-state index contributed by atoms with van der Waals surface area (Å²) < 4.78 is 5.84. The Hall–Kier alpha value is -1.81. The second kappa shape index (κ2) is 7.45. The standard InChI is InChI=1S/C18H25N3O/c1-15-4-2-11-21(14-15)12-3-13-22-17-7-5-16(6-8-17)18-9-10-19-20-18/h5-10,15H,2-4,11-14H2,1H3,(H,19,20)/t15-/m1/s1. The van der Waals surface area contributed by atoms with Gasteiger partial charge in [0, 0.05) is 19.3 Å². The largest absolute Gasteiger partial charge is 0.494 e. The molecule has 4 nitrogen and oxygen atoms in total. The average Bonchev–Trinajstić information content (AvgIpc) is 3.07. The van der Waals surface area contributed by atoms with E-state index in [1.165, 1.54) is 25.9 Å². The Morgan fingerprint density at radius 2 is 2.14 bits per heavy atom. The van der Waals surface area contributed by atoms with Gasteiger partial charge in [-0.1, -0.05) is 6.92 Å². The third-order valence-corrected chi connectivity index (χ3v) is 4.29. The van der Waals surface area contributed by atoms with E-state index < -0.39 is 0 Å². The van der Waals surface area contributed by atoms with Gasteiger partial charge in [0.05, 0.1) is 12.3 Å². The minimum absolute atomic E-state index is 0.786. The minimum Gasteiger partial charge on any atom is -0.494 e. The summed E-state index contributed by atoms with van der Waals surface area (Å²) in [6.07, 6.45) is 5.59. The van der Waals surface area contributed by atoms with E-state index in [4.69, 9.17) is 4.74 Å². The van der Waals surface area contributed by atoms with Crippen molar-refractivity contribution in [3.8, 4) is 17.0 Å². The SMILES string of the molecule is C[C@@H]1CCCN(CCCOc2ccc(-c3ccn[nH]3)cc2)C1. The first kappa shape index (κ1) is 15.1. The van der Waals surface area contributed by atoms with Gasteiger partial charge in [-0.25, -0.2) is 0 Å². The first-order valence-electron chi connectivity index (χ1n) is 8.26. The zero-order chi connectivity index (χ0) is 15.2. The summed E-state index contributed by atoms with van der Waals surface area (Å²) in [6.45, 7) is 6.79. The fraction of sp³-hybridized carbons (Fsp3) is 0.500. The third-order valence-electron chi connectivity index (χ3n) is 4.29. The summed E-state index contributed by atoms with van der Waals surface area (Å²) in [7, 11) is 0. The lowest BCUT2D eigenvalue weighted by molar-refractivity contribution is 0.170. The molecule has 1 aromatic carbocycles. The molecule has 0 aliphatic carbocycles. The van der Waals surface area contributed by atoms with Gasteiger partial charge in [0.25, 0.3) is 0 Å². The zero-order valence-corrected chi connectivity index (χ0v) is 13.3. The maximum atomic E-state index is 5.84. The van der Waals surface area contributed by atoms with E-state index in [-0.39, 0.29) is 0 Å². The molecule has 1 saturated heterocycles. The molecular weight excluding hydrogens is 274 g/mol. The molecule has 0 bridgehead atoms. The number of hydrogen-bond donors (Lipinski definition) is 1. The van der Waals surface area contributed by atoms with Crippen molar-refractivity contribution in [3.63, 3.8) is 0 Å². The molecule has 2 heterocycles. The molecule has 0 amide bonds. The lowest BCUT2D eigenvalue weighted by atomic mass is 10.0. The van der Waals surface area contributed by atoms with E-state index in [1.807, 2.05) is 18.2 Å². The van der Waals surface area contributed by atoms with E-state index >= 15 is 0 Å². The summed E-state index contributed by atoms with van der Waals surface area (Å²) in [4.78, 5) is 2.57. The van der Waals surface area contributed by atoms with Crippen molar-refractivity contribution in [2.45, 2.75) is 26.2 Å². The van der Waals surface area contributed by atoms with Gasteiger partial charge in [-0.2, -0.15) is 5.10 Å². The normalized spacial score (nSPS) is 19.2. The Bertz CT molecular complexity index is 550. The summed E-state index contributed by atoms with van der Waals surface area (Å²) in [6, 6.07) is 10.2. The van der Waals surface area contributed by atoms with Crippen molar-refractivity contribution in [1.82, 2.24) is 15.1 Å². The molecule has 0 radical (unpaired) electrons. The lowest BCUT2D eigenvalue weighted by Crippen LogP contribution is -2.35. The molecule has 1 aliphatic rings. The summed E-state index contributed by atoms with van der Waals surface area (Å²) in [5.74, 6) is 1.79. The lowest BCUT2D eigenvalue weighted by Gasteiger charge is -2.30. The fourth-order valence-electron chi connectivity index (χ4n) is 3.12. The van der Waals surface area contributed by atoms with Crippen LogP contribution in [-0.2, 0) is 0 Å². The molecule has 1 aromatic heterocycles. The smallest absolute Gasteiger partial charge is 0.119 e. The van der Waals surface area contributed by atoms with E-state index in [1.54, 1.807) is 6.20 Å². The molecule has 1 fully saturated rings. The number of nitrogens with zero attached hydrogens (tertiary/aromatic N) is 2. The first-order chi connectivity index (χ1) is 10.8. The number of hydrogen-bond acceptors (Lipinski definition) is 3. The van der Waals surface area contributed by atoms with Gasteiger partial charge in [-0.3, -0.25) is 5.10 Å². The zero-order valence-electron chi connectivity index (χ0n) is 13.3. The van der Waals surface area contributed by atoms with Gasteiger partial charge in [0.2, 0.25) is 0 Å². The molecule has 0 saturated carbocycles. The van der Waals surface area contributed by atoms with Crippen LogP contribution in [0.15, 0.2) is 36.5 Å². The van der Waals surface area contributed by atoms with Gasteiger partial charge in [0.15, 0.2) is 0 Å². The number of aromatic amines is 1. The Labute approximate surface area is 132 Å². The topological polar surface area (TPSA) is 41.1 Å². The second-order valence-electron chi connectivity index (χ2n) is 6.24. The number of likely N-dealkylation sites (tertiary alicyclic amines) is 1. The molecule has 22 heavy (non-hydrogen) atoms. The van der Waals surface area contributed by atoms with Crippen LogP contribution in [-0.4, -0.2) is 41.3 Å². The molecule has 0 unspecified atom stereocenters. The number of H-pyrrole nitrogens is 1. The number of nitrogens with one attached hydrogen (secondary N) is 1. The van der Waals surface area contributed by atoms with Crippen molar-refractivity contribution in [2.75, 3.05) is 26.2 Å². The Morgan fingerprint density at radius 3 is 2.86 bits per heavy atom. The number of ether oxygens (including phenoxy) is 1. The Morgan fingerprint density at radius 1 is 1.27 bits per heavy atom. The number of rotatable bonds is 6. The van der Waals surface area contributed by atoms with Crippen molar-refractivity contribution >= 4 is 0 Å². The second-order valence-corrected chi connectivity index (χ2v) is 6.24. The van der Waals surface area contributed by atoms with Crippen LogP contribution in [0.25, 0.3) is 11.3 Å². The van der Waals surface area contributed by atoms with Crippen LogP contribution >= 0.6 is 0 Å². The van der Waals surface area contributed by atoms with Crippen LogP contribution in [0.5, 0.6) is 5.75 Å². The average molecular weight is 299 g/mol. The van der Waals surface area contributed by atoms with Gasteiger partial charge in [0.1, 0.15) is 5.75 Å². The molecule has 1 atom stereocenters. The molecule has 118 valence electrons. The molecule has 2 aromatic rings. The number of aromatic nitrogens is 2. The van der Waals surface area contributed by atoms with Gasteiger partial charge < -0.3 is 9.64 Å². The van der Waals surface area contributed by atoms with Crippen LogP contribution in [0.3, 0.4) is 0 Å². The quantitative estimate of drug-likeness (QED) is 0.829. The summed E-state index contributed by atoms with van der Waals surface area (Å²) >= 11 is 0. The van der Waals surface area contributed by atoms with Crippen LogP contribution in [0, 0.1) is 5.92 Å². The maximum Gasteiger partial charge on any atom is 0.119 e. The molecule has 1 N–H and O–H groups in total. The van der Waals surface area contributed by atoms with Crippen molar-refractivity contribution in [1.29, 1.82) is 0 Å². The van der Waals surface area contributed by atoms with Crippen molar-refractivity contribution in [2.24, 2.45) is 5.92 Å². The number of piperidine rings is 1. The monoisotopic (exact) mass is 299 g/mol. The van der Waals surface area contributed by atoms with Crippen molar-refractivity contribution < 1.29 is 4.74 Å². The van der Waals surface area contributed by atoms with E-state index in [0.29, 0.717) is 0 Å². The molecule has 1 aliphatic heterocycles. The highest BCUT2D eigenvalue weighted by Crippen LogP contribution is 2.20. The Kier molecular flexibility index (Phi) is 5.11. The van der Waals surface area contributed by atoms with Gasteiger partial charge in [-0.15, -0.1) is 0 Å². The first-order valence-corrected chi connectivity index (χ1v) is 8.26. The van der Waals surface area contributed by atoms with Crippen LogP contribution < -0.4 is 4.74 Å². The molecule has 0 spiro atoms. The van der Waals surface area contributed by atoms with Crippen LogP contribution in [0.4, 0.5) is 0 Å². The van der Waals surface area contributed by atoms with Gasteiger partial charge >= 0.3 is 0 Å². The summed E-state index contributed by atoms with van der Waals surface area (Å²) in [5, 5.41) is 6.94. The highest BCUT2D eigenvalue weighted by atomic mass is 16.5. The summed E-state index contributed by atoms with van der Waals surface area (Å²) in [5.41, 5.74) is 2.16. The van der Waals surface area contributed by atoms with E-state index in [2.05, 4.69) is 34.2 Å². The van der Waals surface area contributed by atoms with Crippen LogP contribution in [0.1, 0.15) is 26.2 Å². The molecule has 3 rings (SSSR count). The van der Waals surface area contributed by atoms with E-state index in [9.17, 15) is 0 Å². The third kappa shape index (κ3) is 4.10. The predicted octanol–water partition coefficient (Wildman–Crippen LogP) is 3.58.